The zero-order valence-corrected chi connectivity index (χ0v) is 12.9. The zero-order chi connectivity index (χ0) is 15.2. The molecule has 1 amide bonds. The summed E-state index contributed by atoms with van der Waals surface area (Å²) in [5, 5.41) is 16.0. The third-order valence-corrected chi connectivity index (χ3v) is 4.06. The van der Waals surface area contributed by atoms with E-state index in [-0.39, 0.29) is 0 Å². The van der Waals surface area contributed by atoms with Crippen molar-refractivity contribution >= 4 is 23.2 Å². The van der Waals surface area contributed by atoms with Crippen LogP contribution in [0.5, 0.6) is 0 Å². The highest BCUT2D eigenvalue weighted by atomic mass is 35.5. The monoisotopic (exact) mass is 311 g/mol. The van der Waals surface area contributed by atoms with Crippen molar-refractivity contribution in [2.75, 3.05) is 25.0 Å². The van der Waals surface area contributed by atoms with Gasteiger partial charge in [0.2, 0.25) is 0 Å². The van der Waals surface area contributed by atoms with Gasteiger partial charge in [0.1, 0.15) is 0 Å². The molecule has 0 saturated carbocycles. The van der Waals surface area contributed by atoms with Crippen molar-refractivity contribution in [2.45, 2.75) is 32.0 Å². The van der Waals surface area contributed by atoms with Gasteiger partial charge < -0.3 is 10.4 Å². The Balaban J connectivity index is 1.78. The van der Waals surface area contributed by atoms with Crippen molar-refractivity contribution < 1.29 is 9.90 Å². The number of benzene rings is 1. The molecule has 0 spiro atoms. The maximum Gasteiger partial charge on any atom is 0.268 e. The van der Waals surface area contributed by atoms with Crippen LogP contribution >= 0.6 is 11.6 Å². The fraction of sp³-hybridized carbons (Fsp3) is 0.533. The second-order valence-electron chi connectivity index (χ2n) is 5.23. The molecule has 1 fully saturated rings. The summed E-state index contributed by atoms with van der Waals surface area (Å²) in [6.45, 7) is 4.83. The van der Waals surface area contributed by atoms with Crippen molar-refractivity contribution in [1.82, 2.24) is 10.2 Å². The van der Waals surface area contributed by atoms with E-state index in [1.807, 2.05) is 0 Å². The number of rotatable bonds is 6. The summed E-state index contributed by atoms with van der Waals surface area (Å²) in [7, 11) is 0. The van der Waals surface area contributed by atoms with Crippen LogP contribution in [-0.4, -0.2) is 47.8 Å². The average Bonchev–Trinajstić information content (AvgIpc) is 2.94. The summed E-state index contributed by atoms with van der Waals surface area (Å²) in [6, 6.07) is 7.17. The highest BCUT2D eigenvalue weighted by molar-refractivity contribution is 6.30. The summed E-state index contributed by atoms with van der Waals surface area (Å²) >= 11 is 5.78. The fourth-order valence-electron chi connectivity index (χ4n) is 2.63. The lowest BCUT2D eigenvalue weighted by Crippen LogP contribution is -2.46. The largest absolute Gasteiger partial charge is 0.370 e. The Labute approximate surface area is 130 Å². The minimum atomic E-state index is -1.21. The highest BCUT2D eigenvalue weighted by Gasteiger charge is 2.24. The molecule has 5 nitrogen and oxygen atoms in total. The molecule has 0 aliphatic carbocycles. The predicted molar refractivity (Wildman–Crippen MR) is 84.4 cm³/mol. The Morgan fingerprint density at radius 3 is 2.86 bits per heavy atom. The Morgan fingerprint density at radius 2 is 2.19 bits per heavy atom. The van der Waals surface area contributed by atoms with E-state index < -0.39 is 12.1 Å². The Kier molecular flexibility index (Phi) is 5.99. The first-order chi connectivity index (χ1) is 10.1. The van der Waals surface area contributed by atoms with Crippen molar-refractivity contribution in [3.63, 3.8) is 0 Å². The quantitative estimate of drug-likeness (QED) is 0.699. The van der Waals surface area contributed by atoms with E-state index in [1.54, 1.807) is 24.3 Å². The van der Waals surface area contributed by atoms with E-state index in [4.69, 9.17) is 11.6 Å². The number of aliphatic hydroxyl groups is 1. The number of amides is 1. The Hall–Kier alpha value is -1.14. The predicted octanol–water partition coefficient (Wildman–Crippen LogP) is 1.67. The van der Waals surface area contributed by atoms with E-state index in [9.17, 15) is 9.90 Å². The van der Waals surface area contributed by atoms with E-state index >= 15 is 0 Å². The molecule has 2 atom stereocenters. The Morgan fingerprint density at radius 1 is 1.48 bits per heavy atom. The van der Waals surface area contributed by atoms with Crippen LogP contribution in [0.3, 0.4) is 0 Å². The normalized spacial score (nSPS) is 20.4. The molecular formula is C15H22ClN3O2. The number of nitrogens with one attached hydrogen (secondary N) is 2. The number of likely N-dealkylation sites (tertiary alicyclic amines) is 1. The minimum absolute atomic E-state index is 0.396. The first kappa shape index (κ1) is 16.2. The number of carbonyl (C=O) groups excluding carboxylic acids is 1. The molecule has 6 heteroatoms. The van der Waals surface area contributed by atoms with Crippen LogP contribution in [0.15, 0.2) is 24.3 Å². The number of hydrogen-bond acceptors (Lipinski definition) is 4. The summed E-state index contributed by atoms with van der Waals surface area (Å²) in [5.41, 5.74) is 0.612. The van der Waals surface area contributed by atoms with Crippen molar-refractivity contribution in [3.8, 4) is 0 Å². The standard InChI is InChI=1S/C15H22ClN3O2/c1-2-19-9-3-4-13(19)10-17-14(20)15(21)18-12-7-5-11(16)6-8-12/h5-8,13-14,17,20H,2-4,9-10H2,1H3,(H,18,21). The van der Waals surface area contributed by atoms with E-state index in [0.29, 0.717) is 23.3 Å². The van der Waals surface area contributed by atoms with E-state index in [0.717, 1.165) is 19.5 Å². The van der Waals surface area contributed by atoms with Gasteiger partial charge in [0.05, 0.1) is 0 Å². The topological polar surface area (TPSA) is 64.6 Å². The average molecular weight is 312 g/mol. The third kappa shape index (κ3) is 4.68. The first-order valence-electron chi connectivity index (χ1n) is 7.32. The molecule has 1 saturated heterocycles. The molecule has 116 valence electrons. The fourth-order valence-corrected chi connectivity index (χ4v) is 2.75. The molecule has 0 bridgehead atoms. The van der Waals surface area contributed by atoms with Crippen LogP contribution in [0.1, 0.15) is 19.8 Å². The molecule has 2 rings (SSSR count). The number of carbonyl (C=O) groups is 1. The third-order valence-electron chi connectivity index (χ3n) is 3.81. The SMILES string of the molecule is CCN1CCCC1CNC(O)C(=O)Nc1ccc(Cl)cc1. The molecule has 1 aliphatic heterocycles. The number of nitrogens with zero attached hydrogens (tertiary/aromatic N) is 1. The van der Waals surface area contributed by atoms with Crippen LogP contribution in [0.4, 0.5) is 5.69 Å². The molecule has 21 heavy (non-hydrogen) atoms. The van der Waals surface area contributed by atoms with E-state index in [1.165, 1.54) is 6.42 Å². The number of likely N-dealkylation sites (N-methyl/N-ethyl adjacent to an activating group) is 1. The van der Waals surface area contributed by atoms with Crippen molar-refractivity contribution in [2.24, 2.45) is 0 Å². The second kappa shape index (κ2) is 7.75. The smallest absolute Gasteiger partial charge is 0.268 e. The molecule has 1 aromatic carbocycles. The maximum absolute atomic E-state index is 11.9. The van der Waals surface area contributed by atoms with Gasteiger partial charge in [-0.1, -0.05) is 18.5 Å². The Bertz CT molecular complexity index is 466. The number of hydrogen-bond donors (Lipinski definition) is 3. The van der Waals surface area contributed by atoms with Gasteiger partial charge in [0, 0.05) is 23.3 Å². The summed E-state index contributed by atoms with van der Waals surface area (Å²) in [5.74, 6) is -0.460. The summed E-state index contributed by atoms with van der Waals surface area (Å²) in [6.07, 6.45) is 1.07. The van der Waals surface area contributed by atoms with Gasteiger partial charge in [-0.05, 0) is 50.2 Å². The molecule has 0 radical (unpaired) electrons. The first-order valence-corrected chi connectivity index (χ1v) is 7.70. The number of halogens is 1. The molecule has 1 heterocycles. The highest BCUT2D eigenvalue weighted by Crippen LogP contribution is 2.16. The lowest BCUT2D eigenvalue weighted by Gasteiger charge is -2.24. The summed E-state index contributed by atoms with van der Waals surface area (Å²) < 4.78 is 0. The minimum Gasteiger partial charge on any atom is -0.370 e. The van der Waals surface area contributed by atoms with Gasteiger partial charge in [-0.25, -0.2) is 0 Å². The molecular weight excluding hydrogens is 290 g/mol. The molecule has 3 N–H and O–H groups in total. The number of aliphatic hydroxyl groups excluding tert-OH is 1. The van der Waals surface area contributed by atoms with Crippen LogP contribution in [0, 0.1) is 0 Å². The van der Waals surface area contributed by atoms with Gasteiger partial charge in [0.15, 0.2) is 6.23 Å². The van der Waals surface area contributed by atoms with Crippen LogP contribution in [0.2, 0.25) is 5.02 Å². The van der Waals surface area contributed by atoms with E-state index in [2.05, 4.69) is 22.5 Å². The summed E-state index contributed by atoms with van der Waals surface area (Å²) in [4.78, 5) is 14.2. The van der Waals surface area contributed by atoms with Gasteiger partial charge in [-0.2, -0.15) is 0 Å². The molecule has 2 unspecified atom stereocenters. The maximum atomic E-state index is 11.9. The lowest BCUT2D eigenvalue weighted by molar-refractivity contribution is -0.125. The lowest BCUT2D eigenvalue weighted by atomic mass is 10.2. The van der Waals surface area contributed by atoms with Crippen LogP contribution in [0.25, 0.3) is 0 Å². The molecule has 0 aromatic heterocycles. The molecule has 1 aliphatic rings. The zero-order valence-electron chi connectivity index (χ0n) is 12.2. The van der Waals surface area contributed by atoms with Gasteiger partial charge in [-0.15, -0.1) is 0 Å². The van der Waals surface area contributed by atoms with Crippen LogP contribution in [-0.2, 0) is 4.79 Å². The van der Waals surface area contributed by atoms with Crippen molar-refractivity contribution in [3.05, 3.63) is 29.3 Å². The number of anilines is 1. The van der Waals surface area contributed by atoms with Gasteiger partial charge in [-0.3, -0.25) is 15.0 Å². The second-order valence-corrected chi connectivity index (χ2v) is 5.67. The van der Waals surface area contributed by atoms with Crippen molar-refractivity contribution in [1.29, 1.82) is 0 Å². The molecule has 1 aromatic rings. The van der Waals surface area contributed by atoms with Crippen LogP contribution < -0.4 is 10.6 Å². The van der Waals surface area contributed by atoms with Gasteiger partial charge >= 0.3 is 0 Å². The van der Waals surface area contributed by atoms with Gasteiger partial charge in [0.25, 0.3) is 5.91 Å².